The lowest BCUT2D eigenvalue weighted by Gasteiger charge is -2.18. The second kappa shape index (κ2) is 11.1. The molecule has 228 valence electrons. The topological polar surface area (TPSA) is 13.1 Å². The number of benzene rings is 9. The Morgan fingerprint density at radius 3 is 1.49 bits per heavy atom. The van der Waals surface area contributed by atoms with Crippen molar-refractivity contribution >= 4 is 54.3 Å². The van der Waals surface area contributed by atoms with E-state index in [2.05, 4.69) is 182 Å². The van der Waals surface area contributed by atoms with Crippen molar-refractivity contribution in [1.82, 2.24) is 0 Å². The highest BCUT2D eigenvalue weighted by Crippen LogP contribution is 2.44. The summed E-state index contributed by atoms with van der Waals surface area (Å²) < 4.78 is 6.39. The van der Waals surface area contributed by atoms with Gasteiger partial charge in [0.2, 0.25) is 0 Å². The smallest absolute Gasteiger partial charge is 0.143 e. The van der Waals surface area contributed by atoms with E-state index in [0.29, 0.717) is 0 Å². The number of hydrogen-bond donors (Lipinski definition) is 0. The maximum Gasteiger partial charge on any atom is 0.143 e. The molecule has 0 fully saturated rings. The van der Waals surface area contributed by atoms with E-state index < -0.39 is 0 Å². The molecule has 1 aromatic heterocycles. The molecule has 49 heavy (non-hydrogen) atoms. The molecule has 1 heterocycles. The summed E-state index contributed by atoms with van der Waals surface area (Å²) in [5, 5.41) is 9.67. The maximum atomic E-state index is 6.39. The van der Waals surface area contributed by atoms with Crippen LogP contribution in [-0.2, 0) is 0 Å². The van der Waals surface area contributed by atoms with Gasteiger partial charge in [-0.25, -0.2) is 0 Å². The molecule has 0 bridgehead atoms. The highest BCUT2D eigenvalue weighted by Gasteiger charge is 2.17. The summed E-state index contributed by atoms with van der Waals surface area (Å²) >= 11 is 0. The van der Waals surface area contributed by atoms with Crippen LogP contribution < -0.4 is 0 Å². The van der Waals surface area contributed by atoms with Crippen molar-refractivity contribution < 1.29 is 4.42 Å². The predicted octanol–water partition coefficient (Wildman–Crippen LogP) is 13.7. The third-order valence-electron chi connectivity index (χ3n) is 10.1. The van der Waals surface area contributed by atoms with Crippen LogP contribution in [0.4, 0.5) is 0 Å². The second-order valence-corrected chi connectivity index (χ2v) is 12.8. The lowest BCUT2D eigenvalue weighted by molar-refractivity contribution is 0.672. The van der Waals surface area contributed by atoms with E-state index in [4.69, 9.17) is 4.42 Å². The van der Waals surface area contributed by atoms with E-state index in [0.717, 1.165) is 27.3 Å². The Bertz CT molecular complexity index is 2800. The highest BCUT2D eigenvalue weighted by molar-refractivity contribution is 6.21. The van der Waals surface area contributed by atoms with E-state index in [-0.39, 0.29) is 0 Å². The van der Waals surface area contributed by atoms with Crippen LogP contribution in [0.5, 0.6) is 0 Å². The van der Waals surface area contributed by atoms with Gasteiger partial charge in [-0.15, -0.1) is 0 Å². The zero-order chi connectivity index (χ0) is 32.3. The fourth-order valence-electron chi connectivity index (χ4n) is 7.75. The summed E-state index contributed by atoms with van der Waals surface area (Å²) in [7, 11) is 0. The van der Waals surface area contributed by atoms with Crippen molar-refractivity contribution in [3.8, 4) is 44.5 Å². The third kappa shape index (κ3) is 4.47. The Morgan fingerprint density at radius 1 is 0.265 bits per heavy atom. The molecule has 0 unspecified atom stereocenters. The fourth-order valence-corrected chi connectivity index (χ4v) is 7.75. The average molecular weight is 623 g/mol. The van der Waals surface area contributed by atoms with Gasteiger partial charge in [0.1, 0.15) is 11.2 Å². The molecule has 0 saturated heterocycles. The Hall–Kier alpha value is -6.44. The molecule has 0 N–H and O–H groups in total. The zero-order valence-electron chi connectivity index (χ0n) is 26.7. The van der Waals surface area contributed by atoms with Gasteiger partial charge in [0.05, 0.1) is 0 Å². The molecule has 1 heteroatoms. The van der Waals surface area contributed by atoms with Crippen molar-refractivity contribution in [3.63, 3.8) is 0 Å². The minimum absolute atomic E-state index is 0.916. The largest absolute Gasteiger partial charge is 0.455 e. The van der Waals surface area contributed by atoms with Gasteiger partial charge in [0, 0.05) is 16.2 Å². The van der Waals surface area contributed by atoms with Gasteiger partial charge < -0.3 is 4.42 Å². The van der Waals surface area contributed by atoms with Gasteiger partial charge in [-0.1, -0.05) is 158 Å². The molecule has 0 aliphatic heterocycles. The van der Waals surface area contributed by atoms with Gasteiger partial charge >= 0.3 is 0 Å². The second-order valence-electron chi connectivity index (χ2n) is 12.8. The van der Waals surface area contributed by atoms with Crippen LogP contribution in [0, 0.1) is 0 Å². The molecule has 0 radical (unpaired) electrons. The normalized spacial score (nSPS) is 11.7. The molecular weight excluding hydrogens is 593 g/mol. The predicted molar refractivity (Wildman–Crippen MR) is 208 cm³/mol. The van der Waals surface area contributed by atoms with Crippen LogP contribution in [0.2, 0.25) is 0 Å². The standard InChI is InChI=1S/C48H30O/c1-2-11-31(12-3-1)35-14-10-15-37(29-35)47-41-19-8-6-17-39(41)46(40-18-7-9-20-42(40)47)34-23-21-32(22-24-34)36-26-28-45-44(30-36)43-27-25-33-13-4-5-16-38(33)48(43)49-45/h1-30H. The molecule has 9 aromatic carbocycles. The van der Waals surface area contributed by atoms with Gasteiger partial charge in [-0.2, -0.15) is 0 Å². The van der Waals surface area contributed by atoms with Crippen LogP contribution in [0.3, 0.4) is 0 Å². The highest BCUT2D eigenvalue weighted by atomic mass is 16.3. The molecule has 0 spiro atoms. The van der Waals surface area contributed by atoms with E-state index in [1.54, 1.807) is 0 Å². The summed E-state index contributed by atoms with van der Waals surface area (Å²) in [5.74, 6) is 0. The number of hydrogen-bond acceptors (Lipinski definition) is 1. The first-order valence-corrected chi connectivity index (χ1v) is 16.8. The van der Waals surface area contributed by atoms with E-state index >= 15 is 0 Å². The molecule has 0 amide bonds. The minimum Gasteiger partial charge on any atom is -0.455 e. The van der Waals surface area contributed by atoms with Gasteiger partial charge in [0.25, 0.3) is 0 Å². The molecule has 1 nitrogen and oxygen atoms in total. The first-order valence-electron chi connectivity index (χ1n) is 16.8. The van der Waals surface area contributed by atoms with Crippen LogP contribution in [-0.4, -0.2) is 0 Å². The van der Waals surface area contributed by atoms with Gasteiger partial charge in [-0.05, 0) is 95.7 Å². The minimum atomic E-state index is 0.916. The van der Waals surface area contributed by atoms with Crippen molar-refractivity contribution in [2.75, 3.05) is 0 Å². The zero-order valence-corrected chi connectivity index (χ0v) is 26.7. The summed E-state index contributed by atoms with van der Waals surface area (Å²) in [4.78, 5) is 0. The lowest BCUT2D eigenvalue weighted by atomic mass is 9.85. The average Bonchev–Trinajstić information content (AvgIpc) is 3.56. The summed E-state index contributed by atoms with van der Waals surface area (Å²) in [6.45, 7) is 0. The monoisotopic (exact) mass is 622 g/mol. The van der Waals surface area contributed by atoms with Crippen molar-refractivity contribution in [2.45, 2.75) is 0 Å². The number of rotatable bonds is 4. The Morgan fingerprint density at radius 2 is 0.776 bits per heavy atom. The van der Waals surface area contributed by atoms with E-state index in [9.17, 15) is 0 Å². The Kier molecular flexibility index (Phi) is 6.25. The molecule has 0 atom stereocenters. The molecule has 10 rings (SSSR count). The van der Waals surface area contributed by atoms with Crippen LogP contribution in [0.25, 0.3) is 98.8 Å². The number of fused-ring (bicyclic) bond motifs is 7. The van der Waals surface area contributed by atoms with Crippen LogP contribution >= 0.6 is 0 Å². The molecular formula is C48H30O. The van der Waals surface area contributed by atoms with Crippen LogP contribution in [0.1, 0.15) is 0 Å². The summed E-state index contributed by atoms with van der Waals surface area (Å²) in [5.41, 5.74) is 11.7. The number of furan rings is 1. The summed E-state index contributed by atoms with van der Waals surface area (Å²) in [6.07, 6.45) is 0. The van der Waals surface area contributed by atoms with E-state index in [1.165, 1.54) is 71.4 Å². The molecule has 0 aliphatic carbocycles. The van der Waals surface area contributed by atoms with Crippen LogP contribution in [0.15, 0.2) is 186 Å². The Labute approximate surface area is 284 Å². The lowest BCUT2D eigenvalue weighted by Crippen LogP contribution is -1.91. The van der Waals surface area contributed by atoms with E-state index in [1.807, 2.05) is 0 Å². The van der Waals surface area contributed by atoms with Gasteiger partial charge in [-0.3, -0.25) is 0 Å². The first kappa shape index (κ1) is 27.7. The SMILES string of the molecule is c1ccc(-c2cccc(-c3c4ccccc4c(-c4ccc(-c5ccc6oc7c8ccccc8ccc7c6c5)cc4)c4ccccc34)c2)cc1. The van der Waals surface area contributed by atoms with Crippen molar-refractivity contribution in [3.05, 3.63) is 182 Å². The first-order chi connectivity index (χ1) is 24.3. The molecule has 10 aromatic rings. The Balaban J connectivity index is 1.11. The summed E-state index contributed by atoms with van der Waals surface area (Å²) in [6, 6.07) is 65.8. The maximum absolute atomic E-state index is 6.39. The molecule has 0 saturated carbocycles. The quantitative estimate of drug-likeness (QED) is 0.178. The fraction of sp³-hybridized carbons (Fsp3) is 0. The van der Waals surface area contributed by atoms with Crippen molar-refractivity contribution in [2.24, 2.45) is 0 Å². The van der Waals surface area contributed by atoms with Gasteiger partial charge in [0.15, 0.2) is 0 Å². The van der Waals surface area contributed by atoms with Crippen molar-refractivity contribution in [1.29, 1.82) is 0 Å². The molecule has 0 aliphatic rings. The third-order valence-corrected chi connectivity index (χ3v) is 10.1.